The van der Waals surface area contributed by atoms with Gasteiger partial charge in [-0.15, -0.1) is 0 Å². The predicted octanol–water partition coefficient (Wildman–Crippen LogP) is 1.98. The van der Waals surface area contributed by atoms with E-state index in [1.807, 2.05) is 18.2 Å². The van der Waals surface area contributed by atoms with Gasteiger partial charge in [0.05, 0.1) is 27.4 Å². The zero-order valence-electron chi connectivity index (χ0n) is 14.2. The molecule has 1 aliphatic carbocycles. The first-order valence-electron chi connectivity index (χ1n) is 7.94. The summed E-state index contributed by atoms with van der Waals surface area (Å²) >= 11 is 0. The van der Waals surface area contributed by atoms with Gasteiger partial charge in [-0.3, -0.25) is 0 Å². The SMILES string of the molecule is COc1cc([C@@]23C=C[C@@H](O)C[C@@H]2N(C)CC3)cc(OC)c1OC. The molecule has 1 aliphatic heterocycles. The van der Waals surface area contributed by atoms with E-state index in [4.69, 9.17) is 14.2 Å². The fourth-order valence-electron chi connectivity index (χ4n) is 4.03. The quantitative estimate of drug-likeness (QED) is 0.860. The lowest BCUT2D eigenvalue weighted by Gasteiger charge is -2.39. The highest BCUT2D eigenvalue weighted by Crippen LogP contribution is 2.49. The van der Waals surface area contributed by atoms with E-state index in [1.165, 1.54) is 0 Å². The molecule has 1 heterocycles. The number of fused-ring (bicyclic) bond motifs is 1. The number of hydrogen-bond acceptors (Lipinski definition) is 5. The largest absolute Gasteiger partial charge is 0.493 e. The van der Waals surface area contributed by atoms with Gasteiger partial charge < -0.3 is 24.2 Å². The molecule has 2 aliphatic rings. The second-order valence-corrected chi connectivity index (χ2v) is 6.36. The summed E-state index contributed by atoms with van der Waals surface area (Å²) in [5.74, 6) is 1.95. The first-order chi connectivity index (χ1) is 11.1. The van der Waals surface area contributed by atoms with Gasteiger partial charge in [0, 0.05) is 11.5 Å². The topological polar surface area (TPSA) is 51.2 Å². The molecule has 1 saturated heterocycles. The van der Waals surface area contributed by atoms with Gasteiger partial charge in [-0.2, -0.15) is 0 Å². The third-order valence-electron chi connectivity index (χ3n) is 5.29. The van der Waals surface area contributed by atoms with Gasteiger partial charge in [0.2, 0.25) is 5.75 Å². The molecule has 5 nitrogen and oxygen atoms in total. The number of nitrogens with zero attached hydrogens (tertiary/aromatic N) is 1. The van der Waals surface area contributed by atoms with Crippen LogP contribution in [0.15, 0.2) is 24.3 Å². The fraction of sp³-hybridized carbons (Fsp3) is 0.556. The lowest BCUT2D eigenvalue weighted by molar-refractivity contribution is 0.137. The number of likely N-dealkylation sites (tertiary alicyclic amines) is 1. The van der Waals surface area contributed by atoms with Crippen LogP contribution in [0.5, 0.6) is 17.2 Å². The van der Waals surface area contributed by atoms with Crippen LogP contribution >= 0.6 is 0 Å². The molecular weight excluding hydrogens is 294 g/mol. The molecular formula is C18H25NO4. The average molecular weight is 319 g/mol. The van der Waals surface area contributed by atoms with Crippen LogP contribution < -0.4 is 14.2 Å². The molecule has 3 atom stereocenters. The standard InChI is InChI=1S/C18H25NO4/c1-19-8-7-18(6-5-13(20)11-16(18)19)12-9-14(21-2)17(23-4)15(10-12)22-3/h5-6,9-10,13,16,20H,7-8,11H2,1-4H3/t13-,16+,18+/m1/s1. The van der Waals surface area contributed by atoms with E-state index in [0.717, 1.165) is 24.9 Å². The fourth-order valence-corrected chi connectivity index (χ4v) is 4.03. The zero-order chi connectivity index (χ0) is 16.6. The van der Waals surface area contributed by atoms with Crippen molar-refractivity contribution in [3.05, 3.63) is 29.8 Å². The lowest BCUT2D eigenvalue weighted by Crippen LogP contribution is -2.44. The van der Waals surface area contributed by atoms with E-state index < -0.39 is 0 Å². The van der Waals surface area contributed by atoms with Crippen molar-refractivity contribution in [2.45, 2.75) is 30.4 Å². The summed E-state index contributed by atoms with van der Waals surface area (Å²) in [5.41, 5.74) is 1.02. The van der Waals surface area contributed by atoms with Crippen LogP contribution in [0.3, 0.4) is 0 Å². The average Bonchev–Trinajstić information content (AvgIpc) is 2.91. The maximum atomic E-state index is 10.0. The summed E-state index contributed by atoms with van der Waals surface area (Å²) in [6.07, 6.45) is 5.45. The van der Waals surface area contributed by atoms with Gasteiger partial charge in [-0.05, 0) is 44.1 Å². The normalized spacial score (nSPS) is 30.1. The second-order valence-electron chi connectivity index (χ2n) is 6.36. The van der Waals surface area contributed by atoms with E-state index in [9.17, 15) is 5.11 Å². The molecule has 1 aromatic rings. The molecule has 0 aromatic heterocycles. The molecule has 5 heteroatoms. The minimum absolute atomic E-state index is 0.124. The van der Waals surface area contributed by atoms with Gasteiger partial charge in [-0.25, -0.2) is 0 Å². The van der Waals surface area contributed by atoms with Crippen molar-refractivity contribution in [1.82, 2.24) is 4.90 Å². The highest BCUT2D eigenvalue weighted by Gasteiger charge is 2.48. The van der Waals surface area contributed by atoms with Crippen LogP contribution in [0.1, 0.15) is 18.4 Å². The van der Waals surface area contributed by atoms with Crippen molar-refractivity contribution < 1.29 is 19.3 Å². The number of ether oxygens (including phenoxy) is 3. The van der Waals surface area contributed by atoms with Crippen molar-refractivity contribution in [2.75, 3.05) is 34.9 Å². The number of benzene rings is 1. The highest BCUT2D eigenvalue weighted by molar-refractivity contribution is 5.57. The molecule has 0 bridgehead atoms. The zero-order valence-corrected chi connectivity index (χ0v) is 14.2. The van der Waals surface area contributed by atoms with Crippen LogP contribution in [0.25, 0.3) is 0 Å². The minimum atomic E-state index is -0.379. The van der Waals surface area contributed by atoms with Crippen LogP contribution in [0.2, 0.25) is 0 Å². The Hall–Kier alpha value is -1.72. The lowest BCUT2D eigenvalue weighted by atomic mass is 9.69. The van der Waals surface area contributed by atoms with E-state index >= 15 is 0 Å². The Bertz CT molecular complexity index is 590. The Morgan fingerprint density at radius 1 is 1.13 bits per heavy atom. The number of likely N-dealkylation sites (N-methyl/N-ethyl adjacent to an activating group) is 1. The Morgan fingerprint density at radius 3 is 2.35 bits per heavy atom. The molecule has 0 spiro atoms. The van der Waals surface area contributed by atoms with Gasteiger partial charge in [0.1, 0.15) is 0 Å². The van der Waals surface area contributed by atoms with Crippen LogP contribution in [-0.2, 0) is 5.41 Å². The Labute approximate surface area is 137 Å². The van der Waals surface area contributed by atoms with Gasteiger partial charge in [0.15, 0.2) is 11.5 Å². The minimum Gasteiger partial charge on any atom is -0.493 e. The summed E-state index contributed by atoms with van der Waals surface area (Å²) < 4.78 is 16.5. The summed E-state index contributed by atoms with van der Waals surface area (Å²) in [6, 6.07) is 4.34. The van der Waals surface area contributed by atoms with E-state index in [0.29, 0.717) is 17.2 Å². The number of aliphatic hydroxyl groups excluding tert-OH is 1. The molecule has 0 radical (unpaired) electrons. The first-order valence-corrected chi connectivity index (χ1v) is 7.94. The van der Waals surface area contributed by atoms with Crippen LogP contribution in [0.4, 0.5) is 0 Å². The maximum absolute atomic E-state index is 10.0. The van der Waals surface area contributed by atoms with E-state index in [2.05, 4.69) is 18.0 Å². The summed E-state index contributed by atoms with van der Waals surface area (Å²) in [5, 5.41) is 10.0. The third-order valence-corrected chi connectivity index (χ3v) is 5.29. The maximum Gasteiger partial charge on any atom is 0.203 e. The van der Waals surface area contributed by atoms with Crippen molar-refractivity contribution in [3.63, 3.8) is 0 Å². The van der Waals surface area contributed by atoms with Crippen molar-refractivity contribution in [2.24, 2.45) is 0 Å². The Morgan fingerprint density at radius 2 is 1.78 bits per heavy atom. The Kier molecular flexibility index (Phi) is 4.25. The van der Waals surface area contributed by atoms with Crippen LogP contribution in [-0.4, -0.2) is 57.1 Å². The predicted molar refractivity (Wildman–Crippen MR) is 88.6 cm³/mol. The molecule has 1 aromatic carbocycles. The van der Waals surface area contributed by atoms with Crippen molar-refractivity contribution in [3.8, 4) is 17.2 Å². The number of aliphatic hydroxyl groups is 1. The van der Waals surface area contributed by atoms with E-state index in [1.54, 1.807) is 21.3 Å². The smallest absolute Gasteiger partial charge is 0.203 e. The van der Waals surface area contributed by atoms with Gasteiger partial charge in [0.25, 0.3) is 0 Å². The molecule has 126 valence electrons. The highest BCUT2D eigenvalue weighted by atomic mass is 16.5. The van der Waals surface area contributed by atoms with Gasteiger partial charge in [-0.1, -0.05) is 12.2 Å². The second kappa shape index (κ2) is 6.06. The molecule has 3 rings (SSSR count). The number of hydrogen-bond donors (Lipinski definition) is 1. The molecule has 1 fully saturated rings. The van der Waals surface area contributed by atoms with Crippen LogP contribution in [0, 0.1) is 0 Å². The van der Waals surface area contributed by atoms with Crippen molar-refractivity contribution in [1.29, 1.82) is 0 Å². The molecule has 23 heavy (non-hydrogen) atoms. The summed E-state index contributed by atoms with van der Waals surface area (Å²) in [4.78, 5) is 2.33. The molecule has 0 amide bonds. The Balaban J connectivity index is 2.15. The summed E-state index contributed by atoms with van der Waals surface area (Å²) in [7, 11) is 7.01. The summed E-state index contributed by atoms with van der Waals surface area (Å²) in [6.45, 7) is 0.998. The molecule has 1 N–H and O–H groups in total. The number of methoxy groups -OCH3 is 3. The van der Waals surface area contributed by atoms with Crippen molar-refractivity contribution >= 4 is 0 Å². The monoisotopic (exact) mass is 319 g/mol. The first kappa shape index (κ1) is 16.1. The van der Waals surface area contributed by atoms with E-state index in [-0.39, 0.29) is 17.6 Å². The number of rotatable bonds is 4. The third kappa shape index (κ3) is 2.48. The van der Waals surface area contributed by atoms with Gasteiger partial charge >= 0.3 is 0 Å². The molecule has 0 saturated carbocycles. The molecule has 0 unspecified atom stereocenters.